The molecule has 0 unspecified atom stereocenters. The van der Waals surface area contributed by atoms with Crippen molar-refractivity contribution in [3.05, 3.63) is 81.5 Å². The summed E-state index contributed by atoms with van der Waals surface area (Å²) in [6.07, 6.45) is 8.54. The Kier molecular flexibility index (Phi) is 3.51. The molecule has 4 heteroatoms. The van der Waals surface area contributed by atoms with Gasteiger partial charge in [-0.25, -0.2) is 0 Å². The third-order valence-corrected chi connectivity index (χ3v) is 6.39. The van der Waals surface area contributed by atoms with Crippen molar-refractivity contribution in [2.75, 3.05) is 0 Å². The zero-order valence-electron chi connectivity index (χ0n) is 15.4. The highest BCUT2D eigenvalue weighted by Crippen LogP contribution is 2.53. The number of nitro groups is 1. The van der Waals surface area contributed by atoms with Gasteiger partial charge in [0, 0.05) is 46.8 Å². The first-order valence-corrected chi connectivity index (χ1v) is 9.67. The number of rotatable bonds is 2. The molecule has 3 aromatic rings. The molecule has 1 heterocycles. The average Bonchev–Trinajstić information content (AvgIpc) is 3.17. The Morgan fingerprint density at radius 1 is 1.04 bits per heavy atom. The third-order valence-electron chi connectivity index (χ3n) is 6.39. The van der Waals surface area contributed by atoms with E-state index in [1.807, 2.05) is 12.1 Å². The number of aromatic nitrogens is 1. The molecular formula is C23H22N2O2. The molecule has 0 atom stereocenters. The third kappa shape index (κ3) is 2.29. The van der Waals surface area contributed by atoms with E-state index in [2.05, 4.69) is 42.0 Å². The second kappa shape index (κ2) is 5.81. The molecule has 2 aliphatic rings. The standard InChI is InChI=1S/C23H22N2O2/c1-24-20-11-10-17(25(26)27)14-18(20)21-19(16-8-4-2-5-9-16)15-23(22(21)24)12-6-3-7-13-23/h2,4-5,8-11,14-15H,3,6-7,12-13H2,1H3. The lowest BCUT2D eigenvalue weighted by Crippen LogP contribution is -2.27. The lowest BCUT2D eigenvalue weighted by atomic mass is 9.73. The molecule has 1 spiro atoms. The molecule has 0 radical (unpaired) electrons. The minimum Gasteiger partial charge on any atom is -0.346 e. The largest absolute Gasteiger partial charge is 0.346 e. The molecule has 1 aromatic heterocycles. The first-order chi connectivity index (χ1) is 13.1. The van der Waals surface area contributed by atoms with E-state index in [0.29, 0.717) is 0 Å². The number of nitro benzene ring substituents is 1. The molecule has 2 aromatic carbocycles. The SMILES string of the molecule is Cn1c2c(c3cc([N+](=O)[O-])ccc31)C(c1ccccc1)=CC21CCCCC1. The summed E-state index contributed by atoms with van der Waals surface area (Å²) in [6, 6.07) is 15.7. The molecule has 5 rings (SSSR count). The van der Waals surface area contributed by atoms with Gasteiger partial charge in [0.15, 0.2) is 0 Å². The fraction of sp³-hybridized carbons (Fsp3) is 0.304. The number of nitrogens with zero attached hydrogens (tertiary/aromatic N) is 2. The van der Waals surface area contributed by atoms with Crippen molar-refractivity contribution >= 4 is 22.2 Å². The van der Waals surface area contributed by atoms with E-state index in [-0.39, 0.29) is 16.0 Å². The highest BCUT2D eigenvalue weighted by atomic mass is 16.6. The van der Waals surface area contributed by atoms with Gasteiger partial charge in [0.1, 0.15) is 0 Å². The maximum atomic E-state index is 11.4. The molecule has 0 saturated heterocycles. The van der Waals surface area contributed by atoms with Gasteiger partial charge >= 0.3 is 0 Å². The molecule has 0 aliphatic heterocycles. The van der Waals surface area contributed by atoms with Crippen LogP contribution in [0.4, 0.5) is 5.69 Å². The van der Waals surface area contributed by atoms with Gasteiger partial charge in [-0.1, -0.05) is 55.7 Å². The maximum Gasteiger partial charge on any atom is 0.270 e. The van der Waals surface area contributed by atoms with Gasteiger partial charge < -0.3 is 4.57 Å². The normalized spacial score (nSPS) is 17.9. The molecule has 136 valence electrons. The van der Waals surface area contributed by atoms with E-state index in [1.165, 1.54) is 41.7 Å². The fourth-order valence-electron chi connectivity index (χ4n) is 5.23. The predicted molar refractivity (Wildman–Crippen MR) is 108 cm³/mol. The van der Waals surface area contributed by atoms with Gasteiger partial charge in [0.2, 0.25) is 0 Å². The van der Waals surface area contributed by atoms with Gasteiger partial charge in [-0.15, -0.1) is 0 Å². The van der Waals surface area contributed by atoms with Crippen molar-refractivity contribution in [2.45, 2.75) is 37.5 Å². The second-order valence-corrected chi connectivity index (χ2v) is 7.88. The Hall–Kier alpha value is -2.88. The van der Waals surface area contributed by atoms with Crippen LogP contribution in [0.25, 0.3) is 16.5 Å². The molecular weight excluding hydrogens is 336 g/mol. The van der Waals surface area contributed by atoms with Crippen LogP contribution in [0, 0.1) is 10.1 Å². The molecule has 27 heavy (non-hydrogen) atoms. The van der Waals surface area contributed by atoms with Crippen LogP contribution in [0.1, 0.15) is 48.9 Å². The summed E-state index contributed by atoms with van der Waals surface area (Å²) in [5.74, 6) is 0. The molecule has 0 N–H and O–H groups in total. The molecule has 2 aliphatic carbocycles. The topological polar surface area (TPSA) is 48.1 Å². The van der Waals surface area contributed by atoms with Crippen molar-refractivity contribution in [1.29, 1.82) is 0 Å². The number of benzene rings is 2. The van der Waals surface area contributed by atoms with Gasteiger partial charge in [-0.2, -0.15) is 0 Å². The number of allylic oxidation sites excluding steroid dienone is 1. The Labute approximate surface area is 158 Å². The van der Waals surface area contributed by atoms with Crippen molar-refractivity contribution in [3.63, 3.8) is 0 Å². The number of aryl methyl sites for hydroxylation is 1. The van der Waals surface area contributed by atoms with Gasteiger partial charge in [0.05, 0.1) is 4.92 Å². The van der Waals surface area contributed by atoms with Crippen LogP contribution in [0.2, 0.25) is 0 Å². The molecule has 1 fully saturated rings. The van der Waals surface area contributed by atoms with Crippen LogP contribution in [-0.4, -0.2) is 9.49 Å². The van der Waals surface area contributed by atoms with Crippen molar-refractivity contribution in [3.8, 4) is 0 Å². The first-order valence-electron chi connectivity index (χ1n) is 9.67. The summed E-state index contributed by atoms with van der Waals surface area (Å²) in [6.45, 7) is 0. The van der Waals surface area contributed by atoms with Crippen LogP contribution in [-0.2, 0) is 12.5 Å². The number of non-ortho nitro benzene ring substituents is 1. The quantitative estimate of drug-likeness (QED) is 0.433. The van der Waals surface area contributed by atoms with Gasteiger partial charge in [0.25, 0.3) is 5.69 Å². The smallest absolute Gasteiger partial charge is 0.270 e. The lowest BCUT2D eigenvalue weighted by molar-refractivity contribution is -0.384. The van der Waals surface area contributed by atoms with E-state index in [4.69, 9.17) is 0 Å². The summed E-state index contributed by atoms with van der Waals surface area (Å²) >= 11 is 0. The van der Waals surface area contributed by atoms with Gasteiger partial charge in [-0.05, 0) is 30.0 Å². The molecule has 0 bridgehead atoms. The number of hydrogen-bond donors (Lipinski definition) is 0. The zero-order chi connectivity index (χ0) is 18.6. The highest BCUT2D eigenvalue weighted by Gasteiger charge is 2.43. The van der Waals surface area contributed by atoms with Gasteiger partial charge in [-0.3, -0.25) is 10.1 Å². The Bertz CT molecular complexity index is 1090. The highest BCUT2D eigenvalue weighted by molar-refractivity contribution is 6.03. The minimum atomic E-state index is -0.296. The van der Waals surface area contributed by atoms with E-state index >= 15 is 0 Å². The summed E-state index contributed by atoms with van der Waals surface area (Å²) in [5.41, 5.74) is 6.27. The zero-order valence-corrected chi connectivity index (χ0v) is 15.4. The summed E-state index contributed by atoms with van der Waals surface area (Å²) in [7, 11) is 2.12. The summed E-state index contributed by atoms with van der Waals surface area (Å²) in [4.78, 5) is 11.1. The number of hydrogen-bond acceptors (Lipinski definition) is 2. The minimum absolute atomic E-state index is 0.0569. The number of fused-ring (bicyclic) bond motifs is 4. The van der Waals surface area contributed by atoms with Crippen molar-refractivity contribution in [1.82, 2.24) is 4.57 Å². The predicted octanol–water partition coefficient (Wildman–Crippen LogP) is 5.73. The van der Waals surface area contributed by atoms with Crippen LogP contribution in [0.5, 0.6) is 0 Å². The van der Waals surface area contributed by atoms with E-state index < -0.39 is 0 Å². The monoisotopic (exact) mass is 358 g/mol. The summed E-state index contributed by atoms with van der Waals surface area (Å²) in [5, 5.41) is 12.4. The van der Waals surface area contributed by atoms with Crippen LogP contribution in [0.3, 0.4) is 0 Å². The van der Waals surface area contributed by atoms with E-state index in [1.54, 1.807) is 12.1 Å². The Morgan fingerprint density at radius 3 is 2.48 bits per heavy atom. The average molecular weight is 358 g/mol. The lowest BCUT2D eigenvalue weighted by Gasteiger charge is -2.33. The van der Waals surface area contributed by atoms with E-state index in [0.717, 1.165) is 23.7 Å². The molecule has 4 nitrogen and oxygen atoms in total. The van der Waals surface area contributed by atoms with Crippen LogP contribution < -0.4 is 0 Å². The second-order valence-electron chi connectivity index (χ2n) is 7.88. The van der Waals surface area contributed by atoms with Crippen molar-refractivity contribution < 1.29 is 4.92 Å². The maximum absolute atomic E-state index is 11.4. The summed E-state index contributed by atoms with van der Waals surface area (Å²) < 4.78 is 2.28. The van der Waals surface area contributed by atoms with Crippen LogP contribution in [0.15, 0.2) is 54.6 Å². The fourth-order valence-corrected chi connectivity index (χ4v) is 5.23. The molecule has 1 saturated carbocycles. The Morgan fingerprint density at radius 2 is 1.78 bits per heavy atom. The van der Waals surface area contributed by atoms with Crippen LogP contribution >= 0.6 is 0 Å². The van der Waals surface area contributed by atoms with E-state index in [9.17, 15) is 10.1 Å². The first kappa shape index (κ1) is 16.3. The Balaban J connectivity index is 1.85. The molecule has 0 amide bonds. The van der Waals surface area contributed by atoms with Crippen molar-refractivity contribution in [2.24, 2.45) is 7.05 Å².